The Balaban J connectivity index is 2.20. The van der Waals surface area contributed by atoms with Crippen molar-refractivity contribution in [2.45, 2.75) is 13.8 Å². The SMILES string of the molecule is CNc1cc(C(=O)Nc2nc(C)co2)cc(C)n1. The highest BCUT2D eigenvalue weighted by Gasteiger charge is 2.11. The van der Waals surface area contributed by atoms with Crippen LogP contribution in [0.3, 0.4) is 0 Å². The summed E-state index contributed by atoms with van der Waals surface area (Å²) in [6.07, 6.45) is 1.48. The van der Waals surface area contributed by atoms with Crippen LogP contribution in [0.2, 0.25) is 0 Å². The fourth-order valence-electron chi connectivity index (χ4n) is 1.51. The average Bonchev–Trinajstić information content (AvgIpc) is 2.73. The Morgan fingerprint density at radius 3 is 2.61 bits per heavy atom. The van der Waals surface area contributed by atoms with E-state index in [1.807, 2.05) is 6.92 Å². The largest absolute Gasteiger partial charge is 0.432 e. The first-order valence-electron chi connectivity index (χ1n) is 5.48. The van der Waals surface area contributed by atoms with Gasteiger partial charge >= 0.3 is 6.01 Å². The molecule has 2 rings (SSSR count). The Morgan fingerprint density at radius 1 is 1.22 bits per heavy atom. The highest BCUT2D eigenvalue weighted by Crippen LogP contribution is 2.12. The summed E-state index contributed by atoms with van der Waals surface area (Å²) in [5, 5.41) is 5.49. The molecule has 0 unspecified atom stereocenters. The molecule has 0 saturated heterocycles. The smallest absolute Gasteiger partial charge is 0.301 e. The number of anilines is 2. The number of carbonyl (C=O) groups is 1. The second-order valence-corrected chi connectivity index (χ2v) is 3.88. The van der Waals surface area contributed by atoms with Crippen LogP contribution in [0, 0.1) is 13.8 Å². The number of aryl methyl sites for hydroxylation is 2. The highest BCUT2D eigenvalue weighted by molar-refractivity contribution is 6.03. The van der Waals surface area contributed by atoms with Crippen LogP contribution in [-0.2, 0) is 0 Å². The van der Waals surface area contributed by atoms with Crippen LogP contribution >= 0.6 is 0 Å². The quantitative estimate of drug-likeness (QED) is 0.865. The van der Waals surface area contributed by atoms with Gasteiger partial charge in [-0.2, -0.15) is 4.98 Å². The Labute approximate surface area is 104 Å². The molecule has 2 aromatic heterocycles. The van der Waals surface area contributed by atoms with E-state index in [2.05, 4.69) is 20.6 Å². The third-order valence-electron chi connectivity index (χ3n) is 2.31. The molecule has 18 heavy (non-hydrogen) atoms. The molecule has 2 aromatic rings. The second-order valence-electron chi connectivity index (χ2n) is 3.88. The molecule has 0 aliphatic heterocycles. The average molecular weight is 246 g/mol. The summed E-state index contributed by atoms with van der Waals surface area (Å²) in [5.74, 6) is 0.364. The van der Waals surface area contributed by atoms with Crippen molar-refractivity contribution < 1.29 is 9.21 Å². The standard InChI is InChI=1S/C12H14N4O2/c1-7-4-9(5-10(13-3)14-7)11(17)16-12-15-8(2)6-18-12/h4-6H,1-3H3,(H,13,14)(H,15,16,17). The van der Waals surface area contributed by atoms with Gasteiger partial charge in [-0.15, -0.1) is 0 Å². The molecule has 0 spiro atoms. The van der Waals surface area contributed by atoms with E-state index in [0.717, 1.165) is 5.69 Å². The van der Waals surface area contributed by atoms with Gasteiger partial charge in [0.15, 0.2) is 0 Å². The molecule has 0 bridgehead atoms. The number of oxazole rings is 1. The van der Waals surface area contributed by atoms with Crippen LogP contribution in [0.1, 0.15) is 21.7 Å². The molecule has 0 saturated carbocycles. The van der Waals surface area contributed by atoms with Gasteiger partial charge in [-0.3, -0.25) is 10.1 Å². The van der Waals surface area contributed by atoms with Gasteiger partial charge in [0.1, 0.15) is 12.1 Å². The molecule has 0 aliphatic rings. The second kappa shape index (κ2) is 4.87. The molecular formula is C12H14N4O2. The number of hydrogen-bond acceptors (Lipinski definition) is 5. The van der Waals surface area contributed by atoms with Crippen molar-refractivity contribution in [2.24, 2.45) is 0 Å². The van der Waals surface area contributed by atoms with E-state index in [-0.39, 0.29) is 11.9 Å². The van der Waals surface area contributed by atoms with Crippen molar-refractivity contribution in [2.75, 3.05) is 17.7 Å². The maximum Gasteiger partial charge on any atom is 0.301 e. The van der Waals surface area contributed by atoms with Gasteiger partial charge < -0.3 is 9.73 Å². The Bertz CT molecular complexity index is 577. The fourth-order valence-corrected chi connectivity index (χ4v) is 1.51. The minimum atomic E-state index is -0.279. The van der Waals surface area contributed by atoms with Crippen LogP contribution in [0.5, 0.6) is 0 Å². The van der Waals surface area contributed by atoms with Crippen LogP contribution in [0.4, 0.5) is 11.8 Å². The zero-order chi connectivity index (χ0) is 13.1. The summed E-state index contributed by atoms with van der Waals surface area (Å²) in [6, 6.07) is 3.56. The molecular weight excluding hydrogens is 232 g/mol. The highest BCUT2D eigenvalue weighted by atomic mass is 16.4. The number of nitrogens with one attached hydrogen (secondary N) is 2. The topological polar surface area (TPSA) is 80.0 Å². The predicted octanol–water partition coefficient (Wildman–Crippen LogP) is 1.98. The monoisotopic (exact) mass is 246 g/mol. The summed E-state index contributed by atoms with van der Waals surface area (Å²) >= 11 is 0. The maximum atomic E-state index is 12.0. The van der Waals surface area contributed by atoms with E-state index in [1.54, 1.807) is 26.1 Å². The lowest BCUT2D eigenvalue weighted by molar-refractivity contribution is 0.102. The molecule has 1 amide bonds. The summed E-state index contributed by atoms with van der Waals surface area (Å²) < 4.78 is 5.07. The summed E-state index contributed by atoms with van der Waals surface area (Å²) in [5.41, 5.74) is 1.98. The van der Waals surface area contributed by atoms with Gasteiger partial charge in [0, 0.05) is 18.3 Å². The number of nitrogens with zero attached hydrogens (tertiary/aromatic N) is 2. The minimum absolute atomic E-state index is 0.193. The van der Waals surface area contributed by atoms with Crippen molar-refractivity contribution in [3.05, 3.63) is 35.3 Å². The molecule has 6 nitrogen and oxygen atoms in total. The Hall–Kier alpha value is -2.37. The first kappa shape index (κ1) is 12.1. The zero-order valence-corrected chi connectivity index (χ0v) is 10.4. The lowest BCUT2D eigenvalue weighted by Crippen LogP contribution is -2.13. The lowest BCUT2D eigenvalue weighted by atomic mass is 10.2. The number of amides is 1. The first-order chi connectivity index (χ1) is 8.58. The minimum Gasteiger partial charge on any atom is -0.432 e. The molecule has 0 aliphatic carbocycles. The number of pyridine rings is 1. The van der Waals surface area contributed by atoms with E-state index in [9.17, 15) is 4.79 Å². The Kier molecular flexibility index (Phi) is 3.27. The van der Waals surface area contributed by atoms with Crippen molar-refractivity contribution in [3.63, 3.8) is 0 Å². The Morgan fingerprint density at radius 2 is 2.00 bits per heavy atom. The van der Waals surface area contributed by atoms with Gasteiger partial charge in [-0.25, -0.2) is 4.98 Å². The third kappa shape index (κ3) is 2.65. The molecule has 94 valence electrons. The van der Waals surface area contributed by atoms with E-state index < -0.39 is 0 Å². The predicted molar refractivity (Wildman–Crippen MR) is 67.7 cm³/mol. The van der Waals surface area contributed by atoms with E-state index >= 15 is 0 Å². The maximum absolute atomic E-state index is 12.0. The van der Waals surface area contributed by atoms with Crippen molar-refractivity contribution in [3.8, 4) is 0 Å². The zero-order valence-electron chi connectivity index (χ0n) is 10.4. The number of hydrogen-bond donors (Lipinski definition) is 2. The first-order valence-corrected chi connectivity index (χ1v) is 5.48. The van der Waals surface area contributed by atoms with E-state index in [0.29, 0.717) is 17.1 Å². The van der Waals surface area contributed by atoms with E-state index in [4.69, 9.17) is 4.42 Å². The number of rotatable bonds is 3. The fraction of sp³-hybridized carbons (Fsp3) is 0.250. The number of aromatic nitrogens is 2. The molecule has 0 radical (unpaired) electrons. The van der Waals surface area contributed by atoms with Gasteiger partial charge in [-0.1, -0.05) is 0 Å². The van der Waals surface area contributed by atoms with Crippen LogP contribution < -0.4 is 10.6 Å². The molecule has 6 heteroatoms. The van der Waals surface area contributed by atoms with Crippen molar-refractivity contribution >= 4 is 17.7 Å². The summed E-state index contributed by atoms with van der Waals surface area (Å²) in [4.78, 5) is 20.2. The van der Waals surface area contributed by atoms with Gasteiger partial charge in [0.25, 0.3) is 5.91 Å². The van der Waals surface area contributed by atoms with Crippen LogP contribution in [0.25, 0.3) is 0 Å². The van der Waals surface area contributed by atoms with Gasteiger partial charge in [0.2, 0.25) is 0 Å². The summed E-state index contributed by atoms with van der Waals surface area (Å²) in [7, 11) is 1.75. The van der Waals surface area contributed by atoms with Crippen molar-refractivity contribution in [1.82, 2.24) is 9.97 Å². The van der Waals surface area contributed by atoms with Crippen LogP contribution in [0.15, 0.2) is 22.8 Å². The molecule has 2 N–H and O–H groups in total. The molecule has 0 aromatic carbocycles. The third-order valence-corrected chi connectivity index (χ3v) is 2.31. The molecule has 0 atom stereocenters. The lowest BCUT2D eigenvalue weighted by Gasteiger charge is -2.05. The number of carbonyl (C=O) groups excluding carboxylic acids is 1. The normalized spacial score (nSPS) is 10.2. The van der Waals surface area contributed by atoms with Gasteiger partial charge in [-0.05, 0) is 26.0 Å². The van der Waals surface area contributed by atoms with E-state index in [1.165, 1.54) is 6.26 Å². The molecule has 0 fully saturated rings. The van der Waals surface area contributed by atoms with Crippen LogP contribution in [-0.4, -0.2) is 22.9 Å². The van der Waals surface area contributed by atoms with Crippen molar-refractivity contribution in [1.29, 1.82) is 0 Å². The summed E-state index contributed by atoms with van der Waals surface area (Å²) in [6.45, 7) is 3.61. The van der Waals surface area contributed by atoms with Gasteiger partial charge in [0.05, 0.1) is 5.69 Å². The molecule has 2 heterocycles.